The van der Waals surface area contributed by atoms with Crippen LogP contribution in [0.25, 0.3) is 5.00 Å². The molecule has 3 heterocycles. The number of nitrogens with one attached hydrogen (secondary N) is 1. The summed E-state index contributed by atoms with van der Waals surface area (Å²) in [7, 11) is 0. The van der Waals surface area contributed by atoms with Crippen LogP contribution in [-0.2, 0) is 19.4 Å². The number of hydrogen-bond acceptors (Lipinski definition) is 2. The van der Waals surface area contributed by atoms with Gasteiger partial charge in [-0.2, -0.15) is 0 Å². The summed E-state index contributed by atoms with van der Waals surface area (Å²) in [6.45, 7) is 2.08. The summed E-state index contributed by atoms with van der Waals surface area (Å²) in [5.74, 6) is -0.721. The molecule has 0 spiro atoms. The monoisotopic (exact) mass is 489 g/mol. The number of fused-ring (bicyclic) bond motifs is 5. The van der Waals surface area contributed by atoms with Crippen LogP contribution in [-0.4, -0.2) is 15.5 Å². The van der Waals surface area contributed by atoms with E-state index in [1.165, 1.54) is 35.1 Å². The summed E-state index contributed by atoms with van der Waals surface area (Å²) in [5.41, 5.74) is 5.00. The lowest BCUT2D eigenvalue weighted by Gasteiger charge is -2.31. The second-order valence-electron chi connectivity index (χ2n) is 9.28. The number of benzene rings is 2. The molecule has 7 heteroatoms. The van der Waals surface area contributed by atoms with Crippen LogP contribution in [0, 0.1) is 18.6 Å². The van der Waals surface area contributed by atoms with Crippen molar-refractivity contribution in [2.75, 3.05) is 5.32 Å². The van der Waals surface area contributed by atoms with E-state index in [1.54, 1.807) is 41.4 Å². The Morgan fingerprint density at radius 1 is 1.03 bits per heavy atom. The number of carbonyl (C=O) groups is 1. The van der Waals surface area contributed by atoms with Crippen LogP contribution >= 0.6 is 11.3 Å². The maximum absolute atomic E-state index is 14.3. The predicted octanol–water partition coefficient (Wildman–Crippen LogP) is 7.14. The maximum atomic E-state index is 14.3. The van der Waals surface area contributed by atoms with E-state index in [2.05, 4.69) is 9.88 Å². The maximum Gasteiger partial charge on any atom is 0.322 e. The molecule has 2 aromatic heterocycles. The molecule has 0 unspecified atom stereocenters. The van der Waals surface area contributed by atoms with Gasteiger partial charge >= 0.3 is 6.03 Å². The molecule has 1 atom stereocenters. The summed E-state index contributed by atoms with van der Waals surface area (Å²) >= 11 is 1.80. The topological polar surface area (TPSA) is 37.3 Å². The van der Waals surface area contributed by atoms with Crippen molar-refractivity contribution in [1.82, 2.24) is 9.47 Å². The number of thiophene rings is 1. The van der Waals surface area contributed by atoms with Crippen LogP contribution in [0.2, 0.25) is 0 Å². The van der Waals surface area contributed by atoms with E-state index in [4.69, 9.17) is 0 Å². The smallest absolute Gasteiger partial charge is 0.310 e. The first-order valence-corrected chi connectivity index (χ1v) is 12.7. The SMILES string of the molecule is Cc1ccc(NC(=O)N2Cc3c(sc4c3CCCC4)-n3cccc3[C@@H]2c2cccc(F)c2)cc1F. The second kappa shape index (κ2) is 8.64. The van der Waals surface area contributed by atoms with Crippen molar-refractivity contribution in [3.63, 3.8) is 0 Å². The summed E-state index contributed by atoms with van der Waals surface area (Å²) in [6.07, 6.45) is 6.41. The molecule has 0 saturated heterocycles. The number of anilines is 1. The fourth-order valence-corrected chi connectivity index (χ4v) is 6.68. The number of hydrogen-bond donors (Lipinski definition) is 1. The molecule has 2 aliphatic rings. The lowest BCUT2D eigenvalue weighted by Crippen LogP contribution is -2.38. The molecule has 1 aliphatic carbocycles. The molecule has 2 aromatic carbocycles. The fraction of sp³-hybridized carbons (Fsp3) is 0.250. The molecule has 35 heavy (non-hydrogen) atoms. The Kier molecular flexibility index (Phi) is 5.44. The number of carbonyl (C=O) groups excluding carboxylic acids is 1. The highest BCUT2D eigenvalue weighted by Crippen LogP contribution is 2.44. The molecule has 1 N–H and O–H groups in total. The van der Waals surface area contributed by atoms with Crippen molar-refractivity contribution >= 4 is 23.1 Å². The van der Waals surface area contributed by atoms with Crippen LogP contribution in [0.15, 0.2) is 60.8 Å². The highest BCUT2D eigenvalue weighted by atomic mass is 32.1. The molecule has 6 rings (SSSR count). The summed E-state index contributed by atoms with van der Waals surface area (Å²) < 4.78 is 30.7. The molecular weight excluding hydrogens is 464 g/mol. The van der Waals surface area contributed by atoms with Gasteiger partial charge in [-0.15, -0.1) is 11.3 Å². The number of halogens is 2. The van der Waals surface area contributed by atoms with Gasteiger partial charge in [-0.05, 0) is 85.7 Å². The normalized spacial score (nSPS) is 16.8. The molecule has 0 bridgehead atoms. The number of rotatable bonds is 2. The first kappa shape index (κ1) is 22.0. The van der Waals surface area contributed by atoms with Gasteiger partial charge < -0.3 is 14.8 Å². The van der Waals surface area contributed by atoms with E-state index in [9.17, 15) is 13.6 Å². The number of urea groups is 1. The molecular formula is C28H25F2N3OS. The summed E-state index contributed by atoms with van der Waals surface area (Å²) in [6, 6.07) is 14.2. The third kappa shape index (κ3) is 3.84. The average molecular weight is 490 g/mol. The average Bonchev–Trinajstić information content (AvgIpc) is 3.43. The quantitative estimate of drug-likeness (QED) is 0.319. The zero-order chi connectivity index (χ0) is 24.1. The van der Waals surface area contributed by atoms with Gasteiger partial charge in [0.2, 0.25) is 0 Å². The Bertz CT molecular complexity index is 1440. The van der Waals surface area contributed by atoms with Gasteiger partial charge in [-0.3, -0.25) is 0 Å². The number of nitrogens with zero attached hydrogens (tertiary/aromatic N) is 2. The number of amides is 2. The lowest BCUT2D eigenvalue weighted by atomic mass is 9.95. The first-order valence-electron chi connectivity index (χ1n) is 11.9. The van der Waals surface area contributed by atoms with Crippen molar-refractivity contribution in [2.45, 2.75) is 45.2 Å². The standard InChI is InChI=1S/C28H25F2N3OS/c1-17-11-12-20(15-23(17)30)31-28(34)33-16-22-21-8-2-3-10-25(21)35-27(22)32-13-5-9-24(32)26(33)18-6-4-7-19(29)14-18/h4-7,9,11-15,26H,2-3,8,10,16H2,1H3,(H,31,34)/t26-/m0/s1. The Morgan fingerprint density at radius 2 is 1.89 bits per heavy atom. The first-order chi connectivity index (χ1) is 17.0. The lowest BCUT2D eigenvalue weighted by molar-refractivity contribution is 0.194. The molecule has 0 fully saturated rings. The van der Waals surface area contributed by atoms with E-state index in [0.29, 0.717) is 23.4 Å². The molecule has 0 saturated carbocycles. The van der Waals surface area contributed by atoms with E-state index in [1.807, 2.05) is 24.4 Å². The van der Waals surface area contributed by atoms with Crippen LogP contribution in [0.5, 0.6) is 0 Å². The minimum absolute atomic E-state index is 0.348. The summed E-state index contributed by atoms with van der Waals surface area (Å²) in [5, 5.41) is 4.03. The van der Waals surface area contributed by atoms with Crippen LogP contribution < -0.4 is 5.32 Å². The van der Waals surface area contributed by atoms with Gasteiger partial charge in [0.1, 0.15) is 16.6 Å². The fourth-order valence-electron chi connectivity index (χ4n) is 5.28. The third-order valence-corrected chi connectivity index (χ3v) is 8.36. The van der Waals surface area contributed by atoms with E-state index in [-0.39, 0.29) is 17.7 Å². The van der Waals surface area contributed by atoms with E-state index in [0.717, 1.165) is 35.5 Å². The Balaban J connectivity index is 1.49. The van der Waals surface area contributed by atoms with Gasteiger partial charge in [0.05, 0.1) is 18.3 Å². The Hall–Kier alpha value is -3.45. The molecule has 0 radical (unpaired) electrons. The van der Waals surface area contributed by atoms with Crippen molar-refractivity contribution in [1.29, 1.82) is 0 Å². The Morgan fingerprint density at radius 3 is 2.71 bits per heavy atom. The van der Waals surface area contributed by atoms with Gasteiger partial charge in [0.25, 0.3) is 0 Å². The largest absolute Gasteiger partial charge is 0.322 e. The van der Waals surface area contributed by atoms with Crippen molar-refractivity contribution < 1.29 is 13.6 Å². The third-order valence-electron chi connectivity index (χ3n) is 7.03. The van der Waals surface area contributed by atoms with E-state index < -0.39 is 6.04 Å². The minimum Gasteiger partial charge on any atom is -0.310 e. The number of aryl methyl sites for hydroxylation is 2. The highest BCUT2D eigenvalue weighted by Gasteiger charge is 2.36. The molecule has 2 amide bonds. The predicted molar refractivity (Wildman–Crippen MR) is 134 cm³/mol. The molecule has 4 nitrogen and oxygen atoms in total. The van der Waals surface area contributed by atoms with Crippen molar-refractivity contribution in [3.05, 3.63) is 105 Å². The Labute approximate surface area is 206 Å². The highest BCUT2D eigenvalue weighted by molar-refractivity contribution is 7.15. The van der Waals surface area contributed by atoms with Crippen LogP contribution in [0.3, 0.4) is 0 Å². The van der Waals surface area contributed by atoms with Crippen LogP contribution in [0.4, 0.5) is 19.3 Å². The van der Waals surface area contributed by atoms with Crippen molar-refractivity contribution in [3.8, 4) is 5.00 Å². The van der Waals surface area contributed by atoms with Crippen LogP contribution in [0.1, 0.15) is 51.7 Å². The molecule has 1 aliphatic heterocycles. The number of aromatic nitrogens is 1. The van der Waals surface area contributed by atoms with E-state index >= 15 is 0 Å². The molecule has 178 valence electrons. The minimum atomic E-state index is -0.505. The zero-order valence-corrected chi connectivity index (χ0v) is 20.2. The molecule has 4 aromatic rings. The second-order valence-corrected chi connectivity index (χ2v) is 10.4. The van der Waals surface area contributed by atoms with Gasteiger partial charge in [0.15, 0.2) is 0 Å². The van der Waals surface area contributed by atoms with Gasteiger partial charge in [-0.1, -0.05) is 18.2 Å². The zero-order valence-electron chi connectivity index (χ0n) is 19.4. The van der Waals surface area contributed by atoms with Crippen molar-refractivity contribution in [2.24, 2.45) is 0 Å². The summed E-state index contributed by atoms with van der Waals surface area (Å²) in [4.78, 5) is 17.0. The van der Waals surface area contributed by atoms with Gasteiger partial charge in [0, 0.05) is 22.3 Å². The van der Waals surface area contributed by atoms with Gasteiger partial charge in [-0.25, -0.2) is 13.6 Å².